The summed E-state index contributed by atoms with van der Waals surface area (Å²) in [5.41, 5.74) is 2.53. The number of aliphatic carboxylic acids is 1. The number of aromatic nitrogens is 4. The Bertz CT molecular complexity index is 1830. The Morgan fingerprint density at radius 3 is 1.80 bits per heavy atom. The highest BCUT2D eigenvalue weighted by molar-refractivity contribution is 5.95. The molecule has 0 bridgehead atoms. The van der Waals surface area contributed by atoms with Gasteiger partial charge in [0.1, 0.15) is 5.82 Å². The van der Waals surface area contributed by atoms with Crippen molar-refractivity contribution in [2.45, 2.75) is 73.1 Å². The van der Waals surface area contributed by atoms with Crippen LogP contribution in [0.15, 0.2) is 39.3 Å². The van der Waals surface area contributed by atoms with E-state index in [4.69, 9.17) is 13.9 Å². The van der Waals surface area contributed by atoms with Crippen LogP contribution in [0, 0.1) is 6.92 Å². The number of benzene rings is 2. The zero-order chi connectivity index (χ0) is 33.5. The lowest BCUT2D eigenvalue weighted by atomic mass is 10.1. The Hall–Kier alpha value is -5.15. The third-order valence-corrected chi connectivity index (χ3v) is 6.57. The molecule has 0 aliphatic carbocycles. The van der Waals surface area contributed by atoms with Crippen molar-refractivity contribution in [3.63, 3.8) is 0 Å². The van der Waals surface area contributed by atoms with E-state index < -0.39 is 19.2 Å². The highest BCUT2D eigenvalue weighted by Crippen LogP contribution is 2.32. The number of carboxylic acids is 1. The van der Waals surface area contributed by atoms with Crippen LogP contribution >= 0.6 is 0 Å². The zero-order valence-corrected chi connectivity index (χ0v) is 25.3. The minimum Gasteiger partial charge on any atom is -0.481 e. The first-order valence-electron chi connectivity index (χ1n) is 14.2. The Labute approximate surface area is 259 Å². The molecular formula is C30H31F4N5O7. The number of fused-ring (bicyclic) bond motifs is 2. The van der Waals surface area contributed by atoms with E-state index in [1.54, 1.807) is 17.8 Å². The first-order valence-corrected chi connectivity index (χ1v) is 14.2. The van der Waals surface area contributed by atoms with Gasteiger partial charge in [0.2, 0.25) is 5.91 Å². The van der Waals surface area contributed by atoms with Gasteiger partial charge in [0.05, 0.1) is 19.0 Å². The number of carbonyl (C=O) groups is 2. The fraction of sp³-hybridized carbons (Fsp3) is 0.367. The SMILES string of the molecule is CCc1nc2c(OC(F)F)ccc(CC(=O)Nc3c(C)cnn3CC)c2o1.CCc1nc2c(OC(F)F)ccc(CC(=O)O)c2o1. The third kappa shape index (κ3) is 7.92. The molecule has 0 radical (unpaired) electrons. The fourth-order valence-corrected chi connectivity index (χ4v) is 4.52. The highest BCUT2D eigenvalue weighted by Gasteiger charge is 2.20. The molecule has 0 saturated heterocycles. The molecule has 0 fully saturated rings. The molecule has 5 rings (SSSR count). The highest BCUT2D eigenvalue weighted by atomic mass is 19.3. The molecule has 0 saturated carbocycles. The molecule has 0 atom stereocenters. The van der Waals surface area contributed by atoms with Crippen LogP contribution in [0.1, 0.15) is 49.2 Å². The van der Waals surface area contributed by atoms with E-state index in [0.717, 1.165) is 5.56 Å². The number of hydrogen-bond acceptors (Lipinski definition) is 9. The van der Waals surface area contributed by atoms with Crippen LogP contribution in [0.4, 0.5) is 23.4 Å². The van der Waals surface area contributed by atoms with Crippen LogP contribution in [0.3, 0.4) is 0 Å². The summed E-state index contributed by atoms with van der Waals surface area (Å²) >= 11 is 0. The molecule has 12 nitrogen and oxygen atoms in total. The van der Waals surface area contributed by atoms with Gasteiger partial charge in [-0.2, -0.15) is 22.7 Å². The number of anilines is 1. The molecule has 246 valence electrons. The summed E-state index contributed by atoms with van der Waals surface area (Å²) in [5, 5.41) is 15.8. The monoisotopic (exact) mass is 649 g/mol. The van der Waals surface area contributed by atoms with E-state index in [1.165, 1.54) is 24.3 Å². The summed E-state index contributed by atoms with van der Waals surface area (Å²) in [4.78, 5) is 31.5. The Balaban J connectivity index is 0.000000222. The van der Waals surface area contributed by atoms with Crippen LogP contribution in [0.25, 0.3) is 22.2 Å². The number of halogens is 4. The zero-order valence-electron chi connectivity index (χ0n) is 25.3. The van der Waals surface area contributed by atoms with Gasteiger partial charge in [-0.1, -0.05) is 26.0 Å². The van der Waals surface area contributed by atoms with Crippen molar-refractivity contribution in [2.75, 3.05) is 5.32 Å². The molecule has 46 heavy (non-hydrogen) atoms. The van der Waals surface area contributed by atoms with E-state index >= 15 is 0 Å². The number of oxazole rings is 2. The summed E-state index contributed by atoms with van der Waals surface area (Å²) in [7, 11) is 0. The predicted molar refractivity (Wildman–Crippen MR) is 156 cm³/mol. The van der Waals surface area contributed by atoms with E-state index in [0.29, 0.717) is 48.1 Å². The number of hydrogen-bond donors (Lipinski definition) is 2. The number of carboxylic acid groups (broad SMARTS) is 1. The smallest absolute Gasteiger partial charge is 0.387 e. The second-order valence-corrected chi connectivity index (χ2v) is 9.77. The molecule has 2 N–H and O–H groups in total. The normalized spacial score (nSPS) is 11.3. The van der Waals surface area contributed by atoms with Crippen molar-refractivity contribution in [1.29, 1.82) is 0 Å². The molecule has 0 aliphatic rings. The van der Waals surface area contributed by atoms with Gasteiger partial charge in [-0.15, -0.1) is 0 Å². The van der Waals surface area contributed by atoms with Gasteiger partial charge in [0, 0.05) is 36.1 Å². The van der Waals surface area contributed by atoms with Crippen LogP contribution in [0.5, 0.6) is 11.5 Å². The second-order valence-electron chi connectivity index (χ2n) is 9.77. The summed E-state index contributed by atoms with van der Waals surface area (Å²) in [6, 6.07) is 5.57. The number of aryl methyl sites for hydroxylation is 4. The maximum absolute atomic E-state index is 12.6. The molecule has 0 spiro atoms. The van der Waals surface area contributed by atoms with Crippen LogP contribution in [0.2, 0.25) is 0 Å². The van der Waals surface area contributed by atoms with Crippen molar-refractivity contribution < 1.29 is 50.6 Å². The predicted octanol–water partition coefficient (Wildman–Crippen LogP) is 6.32. The van der Waals surface area contributed by atoms with Crippen LogP contribution in [-0.4, -0.2) is 50.0 Å². The number of amides is 1. The topological polar surface area (TPSA) is 155 Å². The summed E-state index contributed by atoms with van der Waals surface area (Å²) in [5.74, 6) is -0.160. The largest absolute Gasteiger partial charge is 0.481 e. The van der Waals surface area contributed by atoms with Gasteiger partial charge in [-0.3, -0.25) is 9.59 Å². The Kier molecular flexibility index (Phi) is 10.8. The quantitative estimate of drug-likeness (QED) is 0.147. The fourth-order valence-electron chi connectivity index (χ4n) is 4.52. The van der Waals surface area contributed by atoms with Gasteiger partial charge in [-0.25, -0.2) is 14.6 Å². The molecule has 2 aromatic carbocycles. The lowest BCUT2D eigenvalue weighted by Crippen LogP contribution is -2.18. The molecule has 1 amide bonds. The number of nitrogens with one attached hydrogen (secondary N) is 1. The number of carbonyl (C=O) groups excluding carboxylic acids is 1. The average molecular weight is 650 g/mol. The second kappa shape index (κ2) is 14.8. The first kappa shape index (κ1) is 33.7. The number of ether oxygens (including phenoxy) is 2. The Morgan fingerprint density at radius 2 is 1.37 bits per heavy atom. The van der Waals surface area contributed by atoms with Crippen molar-refractivity contribution in [3.05, 3.63) is 58.9 Å². The Morgan fingerprint density at radius 1 is 0.870 bits per heavy atom. The summed E-state index contributed by atoms with van der Waals surface area (Å²) in [6.45, 7) is 2.07. The van der Waals surface area contributed by atoms with Gasteiger partial charge in [0.15, 0.2) is 45.5 Å². The minimum absolute atomic E-state index is 0.00184. The number of rotatable bonds is 12. The van der Waals surface area contributed by atoms with Crippen LogP contribution < -0.4 is 14.8 Å². The summed E-state index contributed by atoms with van der Waals surface area (Å²) in [6.07, 6.45) is 2.36. The molecule has 0 aliphatic heterocycles. The van der Waals surface area contributed by atoms with E-state index in [9.17, 15) is 27.2 Å². The van der Waals surface area contributed by atoms with Gasteiger partial charge in [0.25, 0.3) is 0 Å². The molecular weight excluding hydrogens is 618 g/mol. The molecule has 5 aromatic rings. The lowest BCUT2D eigenvalue weighted by molar-refractivity contribution is -0.136. The van der Waals surface area contributed by atoms with Crippen molar-refractivity contribution in [3.8, 4) is 11.5 Å². The maximum atomic E-state index is 12.6. The van der Waals surface area contributed by atoms with E-state index in [-0.39, 0.29) is 52.4 Å². The van der Waals surface area contributed by atoms with Crippen LogP contribution in [-0.2, 0) is 41.8 Å². The van der Waals surface area contributed by atoms with Gasteiger partial charge in [-0.05, 0) is 26.0 Å². The average Bonchev–Trinajstić information content (AvgIpc) is 3.73. The molecule has 16 heteroatoms. The van der Waals surface area contributed by atoms with Gasteiger partial charge >= 0.3 is 19.2 Å². The van der Waals surface area contributed by atoms with Crippen molar-refractivity contribution in [1.82, 2.24) is 19.7 Å². The van der Waals surface area contributed by atoms with E-state index in [2.05, 4.69) is 29.9 Å². The molecule has 0 unspecified atom stereocenters. The number of nitrogens with zero attached hydrogens (tertiary/aromatic N) is 4. The lowest BCUT2D eigenvalue weighted by Gasteiger charge is -2.10. The summed E-state index contributed by atoms with van der Waals surface area (Å²) < 4.78 is 71.3. The van der Waals surface area contributed by atoms with E-state index in [1.807, 2.05) is 20.8 Å². The number of alkyl halides is 4. The minimum atomic E-state index is -2.98. The maximum Gasteiger partial charge on any atom is 0.387 e. The first-order chi connectivity index (χ1) is 21.9. The van der Waals surface area contributed by atoms with Crippen molar-refractivity contribution >= 4 is 39.9 Å². The van der Waals surface area contributed by atoms with Gasteiger partial charge < -0.3 is 28.7 Å². The third-order valence-electron chi connectivity index (χ3n) is 6.57. The van der Waals surface area contributed by atoms with Crippen molar-refractivity contribution in [2.24, 2.45) is 0 Å². The molecule has 3 aromatic heterocycles. The molecule has 3 heterocycles. The standard InChI is InChI=1S/C18H20F2N4O3.C12H11F2NO4/c1-4-14-23-15-12(26-18(19)20)7-6-11(16(15)27-14)8-13(25)22-17-10(3)9-21-24(17)5-2;1-2-8-15-10-7(18-12(13)14)4-3-6(5-9(16)17)11(10)19-8/h6-7,9,18H,4-5,8H2,1-3H3,(H,22,25);3-4,12H,2,5H2,1H3,(H,16,17).